The molecule has 4 heteroatoms. The number of rotatable bonds is 0. The molecular formula is C16H24FNO2. The van der Waals surface area contributed by atoms with E-state index in [2.05, 4.69) is 19.1 Å². The number of halogens is 1. The minimum absolute atomic E-state index is 0.176. The first-order chi connectivity index (χ1) is 9.28. The second-order valence-electron chi connectivity index (χ2n) is 5.97. The molecule has 2 rings (SSSR count). The van der Waals surface area contributed by atoms with Crippen LogP contribution in [-0.2, 0) is 4.74 Å². The average Bonchev–Trinajstić information content (AvgIpc) is 2.76. The van der Waals surface area contributed by atoms with Gasteiger partial charge in [0, 0.05) is 6.54 Å². The number of nitrogens with zero attached hydrogens (tertiary/aromatic N) is 1. The van der Waals surface area contributed by atoms with Crippen molar-refractivity contribution in [1.29, 1.82) is 0 Å². The van der Waals surface area contributed by atoms with Crippen LogP contribution in [-0.4, -0.2) is 35.9 Å². The minimum Gasteiger partial charge on any atom is -0.444 e. The summed E-state index contributed by atoms with van der Waals surface area (Å²) in [5.41, 5.74) is 0.827. The number of likely N-dealkylation sites (tertiary alicyclic amines) is 1. The smallest absolute Gasteiger partial charge is 0.410 e. The van der Waals surface area contributed by atoms with Gasteiger partial charge in [0.05, 0.1) is 6.54 Å². The van der Waals surface area contributed by atoms with Gasteiger partial charge in [0.15, 0.2) is 0 Å². The Morgan fingerprint density at radius 2 is 1.90 bits per heavy atom. The van der Waals surface area contributed by atoms with Crippen LogP contribution in [0.1, 0.15) is 32.8 Å². The van der Waals surface area contributed by atoms with E-state index in [1.165, 1.54) is 10.5 Å². The SMILES string of the molecule is CC(C)(C)OC(=O)N1CCC(F)C1.Cc1ccccc1. The molecule has 0 saturated carbocycles. The summed E-state index contributed by atoms with van der Waals surface area (Å²) in [4.78, 5) is 12.8. The summed E-state index contributed by atoms with van der Waals surface area (Å²) in [5.74, 6) is 0. The summed E-state index contributed by atoms with van der Waals surface area (Å²) in [6, 6.07) is 10.3. The van der Waals surface area contributed by atoms with Gasteiger partial charge in [0.2, 0.25) is 0 Å². The summed E-state index contributed by atoms with van der Waals surface area (Å²) in [6.07, 6.45) is -0.862. The lowest BCUT2D eigenvalue weighted by atomic mass is 10.2. The lowest BCUT2D eigenvalue weighted by Crippen LogP contribution is -2.35. The molecule has 0 spiro atoms. The topological polar surface area (TPSA) is 29.5 Å². The third-order valence-corrected chi connectivity index (χ3v) is 2.72. The van der Waals surface area contributed by atoms with Gasteiger partial charge in [-0.15, -0.1) is 0 Å². The van der Waals surface area contributed by atoms with E-state index in [-0.39, 0.29) is 6.54 Å². The molecule has 112 valence electrons. The number of carbonyl (C=O) groups is 1. The van der Waals surface area contributed by atoms with Gasteiger partial charge in [-0.3, -0.25) is 0 Å². The molecule has 1 aliphatic rings. The monoisotopic (exact) mass is 281 g/mol. The summed E-state index contributed by atoms with van der Waals surface area (Å²) in [7, 11) is 0. The molecule has 1 fully saturated rings. The summed E-state index contributed by atoms with van der Waals surface area (Å²) in [6.45, 7) is 8.13. The third kappa shape index (κ3) is 6.55. The van der Waals surface area contributed by atoms with Gasteiger partial charge in [0.25, 0.3) is 0 Å². The normalized spacial score (nSPS) is 18.2. The maximum absolute atomic E-state index is 12.7. The van der Waals surface area contributed by atoms with Crippen LogP contribution < -0.4 is 0 Å². The highest BCUT2D eigenvalue weighted by atomic mass is 19.1. The molecule has 20 heavy (non-hydrogen) atoms. The molecule has 0 aliphatic carbocycles. The Balaban J connectivity index is 0.000000240. The van der Waals surface area contributed by atoms with Crippen molar-refractivity contribution < 1.29 is 13.9 Å². The van der Waals surface area contributed by atoms with E-state index < -0.39 is 17.9 Å². The lowest BCUT2D eigenvalue weighted by molar-refractivity contribution is 0.0284. The van der Waals surface area contributed by atoms with Crippen molar-refractivity contribution in [2.45, 2.75) is 45.9 Å². The van der Waals surface area contributed by atoms with E-state index in [4.69, 9.17) is 4.74 Å². The van der Waals surface area contributed by atoms with Crippen LogP contribution in [0.3, 0.4) is 0 Å². The Labute approximate surface area is 120 Å². The number of hydrogen-bond donors (Lipinski definition) is 0. The van der Waals surface area contributed by atoms with Crippen LogP contribution in [0.5, 0.6) is 0 Å². The van der Waals surface area contributed by atoms with E-state index in [0.717, 1.165) is 0 Å². The molecule has 1 heterocycles. The van der Waals surface area contributed by atoms with Crippen molar-refractivity contribution in [1.82, 2.24) is 4.90 Å². The fourth-order valence-corrected chi connectivity index (χ4v) is 1.74. The zero-order valence-electron chi connectivity index (χ0n) is 12.7. The van der Waals surface area contributed by atoms with Gasteiger partial charge in [-0.25, -0.2) is 9.18 Å². The number of carbonyl (C=O) groups excluding carboxylic acids is 1. The van der Waals surface area contributed by atoms with Gasteiger partial charge in [-0.1, -0.05) is 35.9 Å². The van der Waals surface area contributed by atoms with E-state index >= 15 is 0 Å². The first-order valence-electron chi connectivity index (χ1n) is 6.91. The summed E-state index contributed by atoms with van der Waals surface area (Å²) in [5, 5.41) is 0. The number of ether oxygens (including phenoxy) is 1. The zero-order valence-corrected chi connectivity index (χ0v) is 12.7. The molecule has 0 radical (unpaired) electrons. The molecule has 0 aromatic heterocycles. The van der Waals surface area contributed by atoms with Crippen molar-refractivity contribution in [3.63, 3.8) is 0 Å². The molecule has 3 nitrogen and oxygen atoms in total. The highest BCUT2D eigenvalue weighted by molar-refractivity contribution is 5.68. The standard InChI is InChI=1S/C9H16FNO2.C7H8/c1-9(2,3)13-8(12)11-5-4-7(10)6-11;1-7-5-3-2-4-6-7/h7H,4-6H2,1-3H3;2-6H,1H3. The van der Waals surface area contributed by atoms with Crippen LogP contribution in [0.15, 0.2) is 30.3 Å². The van der Waals surface area contributed by atoms with Gasteiger partial charge in [0.1, 0.15) is 11.8 Å². The Morgan fingerprint density at radius 3 is 2.25 bits per heavy atom. The fraction of sp³-hybridized carbons (Fsp3) is 0.562. The summed E-state index contributed by atoms with van der Waals surface area (Å²) < 4.78 is 17.8. The number of benzene rings is 1. The molecule has 1 aromatic carbocycles. The maximum atomic E-state index is 12.7. The van der Waals surface area contributed by atoms with Gasteiger partial charge >= 0.3 is 6.09 Å². The van der Waals surface area contributed by atoms with Crippen LogP contribution in [0.25, 0.3) is 0 Å². The fourth-order valence-electron chi connectivity index (χ4n) is 1.74. The molecule has 1 unspecified atom stereocenters. The van der Waals surface area contributed by atoms with Crippen molar-refractivity contribution in [3.05, 3.63) is 35.9 Å². The maximum Gasteiger partial charge on any atom is 0.410 e. The van der Waals surface area contributed by atoms with Crippen molar-refractivity contribution in [3.8, 4) is 0 Å². The van der Waals surface area contributed by atoms with E-state index in [1.54, 1.807) is 20.8 Å². The Kier molecular flexibility index (Phi) is 5.99. The Hall–Kier alpha value is -1.58. The number of aryl methyl sites for hydroxylation is 1. The van der Waals surface area contributed by atoms with Gasteiger partial charge < -0.3 is 9.64 Å². The Bertz CT molecular complexity index is 414. The molecule has 1 amide bonds. The molecule has 1 atom stereocenters. The number of alkyl halides is 1. The molecular weight excluding hydrogens is 257 g/mol. The van der Waals surface area contributed by atoms with E-state index in [1.807, 2.05) is 18.2 Å². The largest absolute Gasteiger partial charge is 0.444 e. The van der Waals surface area contributed by atoms with E-state index in [9.17, 15) is 9.18 Å². The van der Waals surface area contributed by atoms with Gasteiger partial charge in [-0.05, 0) is 34.1 Å². The second kappa shape index (κ2) is 7.27. The molecule has 1 aromatic rings. The predicted molar refractivity (Wildman–Crippen MR) is 78.5 cm³/mol. The third-order valence-electron chi connectivity index (χ3n) is 2.72. The van der Waals surface area contributed by atoms with Crippen LogP contribution >= 0.6 is 0 Å². The zero-order chi connectivity index (χ0) is 15.2. The van der Waals surface area contributed by atoms with Crippen LogP contribution in [0.4, 0.5) is 9.18 Å². The highest BCUT2D eigenvalue weighted by Gasteiger charge is 2.29. The first-order valence-corrected chi connectivity index (χ1v) is 6.91. The first kappa shape index (κ1) is 16.5. The van der Waals surface area contributed by atoms with Crippen molar-refractivity contribution >= 4 is 6.09 Å². The summed E-state index contributed by atoms with van der Waals surface area (Å²) >= 11 is 0. The molecule has 0 bridgehead atoms. The quantitative estimate of drug-likeness (QED) is 0.720. The van der Waals surface area contributed by atoms with Crippen molar-refractivity contribution in [2.75, 3.05) is 13.1 Å². The predicted octanol–water partition coefficient (Wildman–Crippen LogP) is 3.96. The molecule has 1 saturated heterocycles. The lowest BCUT2D eigenvalue weighted by Gasteiger charge is -2.23. The van der Waals surface area contributed by atoms with E-state index in [0.29, 0.717) is 13.0 Å². The molecule has 0 N–H and O–H groups in total. The van der Waals surface area contributed by atoms with Crippen LogP contribution in [0, 0.1) is 6.92 Å². The second-order valence-corrected chi connectivity index (χ2v) is 5.97. The number of amides is 1. The minimum atomic E-state index is -0.882. The number of hydrogen-bond acceptors (Lipinski definition) is 2. The average molecular weight is 281 g/mol. The molecule has 1 aliphatic heterocycles. The van der Waals surface area contributed by atoms with Gasteiger partial charge in [-0.2, -0.15) is 0 Å². The van der Waals surface area contributed by atoms with Crippen LogP contribution in [0.2, 0.25) is 0 Å². The Morgan fingerprint density at radius 1 is 1.30 bits per heavy atom. The van der Waals surface area contributed by atoms with Crippen molar-refractivity contribution in [2.24, 2.45) is 0 Å². The highest BCUT2D eigenvalue weighted by Crippen LogP contribution is 2.16.